The van der Waals surface area contributed by atoms with Crippen molar-refractivity contribution in [1.29, 1.82) is 5.26 Å². The average molecular weight is 266 g/mol. The zero-order valence-electron chi connectivity index (χ0n) is 10.5. The summed E-state index contributed by atoms with van der Waals surface area (Å²) in [5, 5.41) is 13.0. The zero-order chi connectivity index (χ0) is 13.0. The van der Waals surface area contributed by atoms with Crippen LogP contribution >= 0.6 is 11.5 Å². The highest BCUT2D eigenvalue weighted by Crippen LogP contribution is 2.25. The molecule has 6 nitrogen and oxygen atoms in total. The van der Waals surface area contributed by atoms with Crippen molar-refractivity contribution in [1.82, 2.24) is 14.2 Å². The third kappa shape index (κ3) is 3.10. The second-order valence-corrected chi connectivity index (χ2v) is 5.23. The Labute approximate surface area is 111 Å². The average Bonchev–Trinajstić information content (AvgIpc) is 2.72. The molecule has 0 amide bonds. The van der Waals surface area contributed by atoms with Crippen LogP contribution in [0.15, 0.2) is 0 Å². The van der Waals surface area contributed by atoms with Crippen molar-refractivity contribution in [3.05, 3.63) is 5.56 Å². The van der Waals surface area contributed by atoms with Gasteiger partial charge in [-0.1, -0.05) is 0 Å². The van der Waals surface area contributed by atoms with Crippen molar-refractivity contribution in [2.24, 2.45) is 0 Å². The molecule has 1 aliphatic rings. The molecule has 98 valence electrons. The van der Waals surface area contributed by atoms with Crippen LogP contribution in [0, 0.1) is 11.3 Å². The predicted molar refractivity (Wildman–Crippen MR) is 73.7 cm³/mol. The van der Waals surface area contributed by atoms with E-state index in [4.69, 9.17) is 11.0 Å². The predicted octanol–water partition coefficient (Wildman–Crippen LogP) is 0.256. The summed E-state index contributed by atoms with van der Waals surface area (Å²) in [5.74, 6) is 0.324. The molecule has 18 heavy (non-hydrogen) atoms. The van der Waals surface area contributed by atoms with Gasteiger partial charge in [-0.05, 0) is 18.6 Å². The molecule has 0 aliphatic carbocycles. The molecule has 7 heteroatoms. The number of piperazine rings is 1. The van der Waals surface area contributed by atoms with Crippen molar-refractivity contribution >= 4 is 22.4 Å². The Hall–Kier alpha value is -1.36. The molecule has 3 N–H and O–H groups in total. The number of anilines is 2. The second kappa shape index (κ2) is 6.00. The third-order valence-electron chi connectivity index (χ3n) is 3.14. The highest BCUT2D eigenvalue weighted by molar-refractivity contribution is 7.10. The number of nitrogens with one attached hydrogen (secondary N) is 1. The molecule has 1 fully saturated rings. The van der Waals surface area contributed by atoms with Gasteiger partial charge in [0.05, 0.1) is 0 Å². The van der Waals surface area contributed by atoms with E-state index in [1.807, 2.05) is 0 Å². The fraction of sp³-hybridized carbons (Fsp3) is 0.636. The Morgan fingerprint density at radius 3 is 2.83 bits per heavy atom. The molecule has 2 rings (SSSR count). The quantitative estimate of drug-likeness (QED) is 0.813. The van der Waals surface area contributed by atoms with Crippen LogP contribution in [0.5, 0.6) is 0 Å². The number of hydrogen-bond donors (Lipinski definition) is 2. The van der Waals surface area contributed by atoms with E-state index in [9.17, 15) is 0 Å². The maximum absolute atomic E-state index is 8.95. The van der Waals surface area contributed by atoms with Crippen LogP contribution in [-0.4, -0.2) is 60.5 Å². The summed E-state index contributed by atoms with van der Waals surface area (Å²) in [6.45, 7) is 6.26. The Morgan fingerprint density at radius 2 is 2.17 bits per heavy atom. The van der Waals surface area contributed by atoms with Crippen LogP contribution in [0.4, 0.5) is 10.8 Å². The largest absolute Gasteiger partial charge is 0.382 e. The van der Waals surface area contributed by atoms with E-state index >= 15 is 0 Å². The second-order valence-electron chi connectivity index (χ2n) is 4.46. The van der Waals surface area contributed by atoms with Gasteiger partial charge in [-0.3, -0.25) is 4.90 Å². The standard InChI is InChI=1S/C11H18N6S/c1-16-4-6-17(7-5-16)3-2-14-11-9(8-12)10(13)15-18-11/h14H,2-7H2,1H3,(H2,13,15). The molecule has 1 aliphatic heterocycles. The number of nitriles is 1. The van der Waals surface area contributed by atoms with E-state index in [1.165, 1.54) is 11.5 Å². The number of likely N-dealkylation sites (N-methyl/N-ethyl adjacent to an activating group) is 1. The molecule has 2 heterocycles. The van der Waals surface area contributed by atoms with Gasteiger partial charge in [-0.2, -0.15) is 9.64 Å². The van der Waals surface area contributed by atoms with Crippen molar-refractivity contribution in [2.45, 2.75) is 0 Å². The summed E-state index contributed by atoms with van der Waals surface area (Å²) in [4.78, 5) is 4.76. The molecule has 0 saturated carbocycles. The van der Waals surface area contributed by atoms with Gasteiger partial charge in [-0.15, -0.1) is 0 Å². The first-order valence-electron chi connectivity index (χ1n) is 6.00. The monoisotopic (exact) mass is 266 g/mol. The first kappa shape index (κ1) is 13.1. The minimum atomic E-state index is 0.324. The lowest BCUT2D eigenvalue weighted by Crippen LogP contribution is -2.45. The normalized spacial score (nSPS) is 17.6. The minimum absolute atomic E-state index is 0.324. The summed E-state index contributed by atoms with van der Waals surface area (Å²) < 4.78 is 3.98. The molecule has 0 radical (unpaired) electrons. The fourth-order valence-electron chi connectivity index (χ4n) is 1.93. The van der Waals surface area contributed by atoms with Gasteiger partial charge in [0.15, 0.2) is 5.82 Å². The zero-order valence-corrected chi connectivity index (χ0v) is 11.3. The van der Waals surface area contributed by atoms with Crippen LogP contribution in [0.25, 0.3) is 0 Å². The summed E-state index contributed by atoms with van der Waals surface area (Å²) in [6, 6.07) is 2.08. The third-order valence-corrected chi connectivity index (χ3v) is 3.96. The SMILES string of the molecule is CN1CCN(CCNc2snc(N)c2C#N)CC1. The molecular weight excluding hydrogens is 248 g/mol. The summed E-state index contributed by atoms with van der Waals surface area (Å²) in [6.07, 6.45) is 0. The lowest BCUT2D eigenvalue weighted by molar-refractivity contribution is 0.158. The molecule has 1 aromatic rings. The van der Waals surface area contributed by atoms with Crippen LogP contribution in [0.3, 0.4) is 0 Å². The number of nitrogens with two attached hydrogens (primary N) is 1. The number of hydrogen-bond acceptors (Lipinski definition) is 7. The van der Waals surface area contributed by atoms with E-state index in [1.54, 1.807) is 0 Å². The highest BCUT2D eigenvalue weighted by Gasteiger charge is 2.14. The van der Waals surface area contributed by atoms with Gasteiger partial charge in [0.2, 0.25) is 0 Å². The van der Waals surface area contributed by atoms with Crippen LogP contribution < -0.4 is 11.1 Å². The van der Waals surface area contributed by atoms with E-state index < -0.39 is 0 Å². The molecule has 0 unspecified atom stereocenters. The fourth-order valence-corrected chi connectivity index (χ4v) is 2.62. The molecule has 0 aromatic carbocycles. The summed E-state index contributed by atoms with van der Waals surface area (Å²) >= 11 is 1.25. The minimum Gasteiger partial charge on any atom is -0.382 e. The summed E-state index contributed by atoms with van der Waals surface area (Å²) in [5.41, 5.74) is 6.07. The first-order valence-corrected chi connectivity index (χ1v) is 6.78. The maximum atomic E-state index is 8.95. The summed E-state index contributed by atoms with van der Waals surface area (Å²) in [7, 11) is 2.15. The molecule has 1 aromatic heterocycles. The van der Waals surface area contributed by atoms with Gasteiger partial charge in [0.1, 0.15) is 16.6 Å². The molecule has 0 spiro atoms. The van der Waals surface area contributed by atoms with Crippen molar-refractivity contribution in [2.75, 3.05) is 57.4 Å². The Balaban J connectivity index is 1.77. The van der Waals surface area contributed by atoms with Gasteiger partial charge in [-0.25, -0.2) is 0 Å². The molecule has 1 saturated heterocycles. The van der Waals surface area contributed by atoms with Gasteiger partial charge in [0, 0.05) is 39.3 Å². The van der Waals surface area contributed by atoms with Gasteiger partial charge >= 0.3 is 0 Å². The van der Waals surface area contributed by atoms with Gasteiger partial charge < -0.3 is 16.0 Å². The molecule has 0 atom stereocenters. The first-order chi connectivity index (χ1) is 8.70. The highest BCUT2D eigenvalue weighted by atomic mass is 32.1. The van der Waals surface area contributed by atoms with Crippen LogP contribution in [0.1, 0.15) is 5.56 Å². The Kier molecular flexibility index (Phi) is 4.36. The maximum Gasteiger partial charge on any atom is 0.157 e. The van der Waals surface area contributed by atoms with Gasteiger partial charge in [0.25, 0.3) is 0 Å². The topological polar surface area (TPSA) is 81.2 Å². The lowest BCUT2D eigenvalue weighted by atomic mass is 10.3. The number of nitrogen functional groups attached to an aromatic ring is 1. The van der Waals surface area contributed by atoms with Crippen LogP contribution in [-0.2, 0) is 0 Å². The van der Waals surface area contributed by atoms with E-state index in [0.29, 0.717) is 11.4 Å². The number of aromatic nitrogens is 1. The van der Waals surface area contributed by atoms with Crippen molar-refractivity contribution < 1.29 is 0 Å². The van der Waals surface area contributed by atoms with E-state index in [2.05, 4.69) is 32.6 Å². The van der Waals surface area contributed by atoms with Crippen LogP contribution in [0.2, 0.25) is 0 Å². The van der Waals surface area contributed by atoms with E-state index in [-0.39, 0.29) is 0 Å². The Bertz CT molecular complexity index is 429. The molecule has 0 bridgehead atoms. The Morgan fingerprint density at radius 1 is 1.44 bits per heavy atom. The van der Waals surface area contributed by atoms with Crippen molar-refractivity contribution in [3.8, 4) is 6.07 Å². The van der Waals surface area contributed by atoms with E-state index in [0.717, 1.165) is 44.3 Å². The lowest BCUT2D eigenvalue weighted by Gasteiger charge is -2.32. The number of nitrogens with zero attached hydrogens (tertiary/aromatic N) is 4. The van der Waals surface area contributed by atoms with Crippen molar-refractivity contribution in [3.63, 3.8) is 0 Å². The number of rotatable bonds is 4. The smallest absolute Gasteiger partial charge is 0.157 e. The molecular formula is C11H18N6S.